The Morgan fingerprint density at radius 1 is 0.968 bits per heavy atom. The molecule has 0 aliphatic carbocycles. The van der Waals surface area contributed by atoms with Crippen LogP contribution in [-0.4, -0.2) is 57.7 Å². The van der Waals surface area contributed by atoms with Crippen molar-refractivity contribution in [1.82, 2.24) is 10.6 Å². The molecule has 8 heteroatoms. The van der Waals surface area contributed by atoms with Gasteiger partial charge in [-0.25, -0.2) is 0 Å². The first-order valence-corrected chi connectivity index (χ1v) is 11.3. The molecule has 0 aromatic heterocycles. The summed E-state index contributed by atoms with van der Waals surface area (Å²) in [4.78, 5) is 25.5. The quantitative estimate of drug-likeness (QED) is 0.521. The normalized spacial score (nSPS) is 11.4. The lowest BCUT2D eigenvalue weighted by atomic mass is 10.1. The van der Waals surface area contributed by atoms with Gasteiger partial charge in [-0.2, -0.15) is 11.8 Å². The van der Waals surface area contributed by atoms with Gasteiger partial charge in [-0.1, -0.05) is 18.2 Å². The van der Waals surface area contributed by atoms with Crippen molar-refractivity contribution in [2.75, 3.05) is 39.9 Å². The van der Waals surface area contributed by atoms with Gasteiger partial charge in [-0.3, -0.25) is 9.59 Å². The Balaban J connectivity index is 1.98. The van der Waals surface area contributed by atoms with Crippen molar-refractivity contribution in [1.29, 1.82) is 0 Å². The second-order valence-electron chi connectivity index (χ2n) is 6.74. The average molecular weight is 447 g/mol. The largest absolute Gasteiger partial charge is 0.496 e. The summed E-state index contributed by atoms with van der Waals surface area (Å²) in [6.45, 7) is 0.439. The maximum absolute atomic E-state index is 12.8. The Kier molecular flexibility index (Phi) is 10.0. The van der Waals surface area contributed by atoms with Crippen LogP contribution in [0.2, 0.25) is 0 Å². The fourth-order valence-corrected chi connectivity index (χ4v) is 3.53. The summed E-state index contributed by atoms with van der Waals surface area (Å²) in [5.74, 6) is 1.98. The number of carbonyl (C=O) groups excluding carboxylic acids is 2. The van der Waals surface area contributed by atoms with Crippen LogP contribution < -0.4 is 24.8 Å². The minimum atomic E-state index is -0.629. The fourth-order valence-electron chi connectivity index (χ4n) is 3.06. The van der Waals surface area contributed by atoms with Gasteiger partial charge in [0.05, 0.1) is 26.9 Å². The highest BCUT2D eigenvalue weighted by Gasteiger charge is 2.22. The van der Waals surface area contributed by atoms with E-state index in [0.717, 1.165) is 11.3 Å². The number of nitrogens with one attached hydrogen (secondary N) is 2. The first-order chi connectivity index (χ1) is 15.0. The Morgan fingerprint density at radius 2 is 1.68 bits per heavy atom. The molecule has 2 rings (SSSR count). The molecule has 2 aromatic rings. The molecule has 0 aliphatic rings. The molecule has 2 aromatic carbocycles. The monoisotopic (exact) mass is 446 g/mol. The number of rotatable bonds is 12. The molecular weight excluding hydrogens is 416 g/mol. The van der Waals surface area contributed by atoms with Gasteiger partial charge in [0.15, 0.2) is 11.5 Å². The molecule has 0 fully saturated rings. The third kappa shape index (κ3) is 7.10. The summed E-state index contributed by atoms with van der Waals surface area (Å²) in [7, 11) is 4.69. The molecule has 168 valence electrons. The summed E-state index contributed by atoms with van der Waals surface area (Å²) in [6.07, 6.45) is 3.13. The van der Waals surface area contributed by atoms with Gasteiger partial charge in [-0.05, 0) is 54.7 Å². The molecule has 1 atom stereocenters. The third-order valence-electron chi connectivity index (χ3n) is 4.74. The van der Waals surface area contributed by atoms with Crippen molar-refractivity contribution in [2.24, 2.45) is 0 Å². The van der Waals surface area contributed by atoms with Crippen molar-refractivity contribution in [3.05, 3.63) is 53.6 Å². The van der Waals surface area contributed by atoms with Crippen LogP contribution in [0.1, 0.15) is 22.3 Å². The molecule has 0 saturated carbocycles. The minimum Gasteiger partial charge on any atom is -0.496 e. The summed E-state index contributed by atoms with van der Waals surface area (Å²) in [5, 5.41) is 5.77. The summed E-state index contributed by atoms with van der Waals surface area (Å²) < 4.78 is 15.8. The van der Waals surface area contributed by atoms with E-state index < -0.39 is 6.04 Å². The molecule has 0 aliphatic heterocycles. The highest BCUT2D eigenvalue weighted by molar-refractivity contribution is 7.98. The predicted octanol–water partition coefficient (Wildman–Crippen LogP) is 2.92. The second-order valence-corrected chi connectivity index (χ2v) is 7.72. The molecule has 0 heterocycles. The van der Waals surface area contributed by atoms with Crippen molar-refractivity contribution in [2.45, 2.75) is 18.9 Å². The molecule has 2 N–H and O–H groups in total. The number of benzene rings is 2. The van der Waals surface area contributed by atoms with Crippen molar-refractivity contribution in [3.63, 3.8) is 0 Å². The Morgan fingerprint density at radius 3 is 2.35 bits per heavy atom. The number of hydrogen-bond donors (Lipinski definition) is 2. The lowest BCUT2D eigenvalue weighted by Crippen LogP contribution is -2.47. The molecule has 7 nitrogen and oxygen atoms in total. The zero-order valence-corrected chi connectivity index (χ0v) is 19.2. The second kappa shape index (κ2) is 12.7. The van der Waals surface area contributed by atoms with Crippen LogP contribution in [0.5, 0.6) is 17.2 Å². The molecule has 31 heavy (non-hydrogen) atoms. The number of para-hydroxylation sites is 1. The van der Waals surface area contributed by atoms with Crippen molar-refractivity contribution < 1.29 is 23.8 Å². The molecule has 0 bridgehead atoms. The molecule has 0 radical (unpaired) electrons. The minimum absolute atomic E-state index is 0.210. The van der Waals surface area contributed by atoms with Gasteiger partial charge in [0, 0.05) is 6.54 Å². The number of hydrogen-bond acceptors (Lipinski definition) is 6. The fraction of sp³-hybridized carbons (Fsp3) is 0.391. The van der Waals surface area contributed by atoms with Gasteiger partial charge < -0.3 is 24.8 Å². The number of ether oxygens (including phenoxy) is 3. The van der Waals surface area contributed by atoms with Crippen LogP contribution in [0, 0.1) is 0 Å². The molecule has 2 amide bonds. The zero-order valence-electron chi connectivity index (χ0n) is 18.4. The van der Waals surface area contributed by atoms with E-state index >= 15 is 0 Å². The Hall–Kier alpha value is -2.87. The lowest BCUT2D eigenvalue weighted by Gasteiger charge is -2.19. The Labute approximate surface area is 187 Å². The maximum Gasteiger partial charge on any atom is 0.255 e. The highest BCUT2D eigenvalue weighted by Crippen LogP contribution is 2.27. The van der Waals surface area contributed by atoms with E-state index in [0.29, 0.717) is 42.2 Å². The third-order valence-corrected chi connectivity index (χ3v) is 5.39. The van der Waals surface area contributed by atoms with E-state index in [1.165, 1.54) is 7.11 Å². The van der Waals surface area contributed by atoms with Gasteiger partial charge in [0.1, 0.15) is 11.8 Å². The predicted molar refractivity (Wildman–Crippen MR) is 124 cm³/mol. The van der Waals surface area contributed by atoms with Crippen LogP contribution in [-0.2, 0) is 11.2 Å². The van der Waals surface area contributed by atoms with E-state index in [1.54, 1.807) is 50.2 Å². The average Bonchev–Trinajstić information content (AvgIpc) is 2.81. The van der Waals surface area contributed by atoms with Crippen LogP contribution in [0.25, 0.3) is 0 Å². The lowest BCUT2D eigenvalue weighted by molar-refractivity contribution is -0.122. The van der Waals surface area contributed by atoms with Gasteiger partial charge >= 0.3 is 0 Å². The van der Waals surface area contributed by atoms with E-state index in [2.05, 4.69) is 10.6 Å². The summed E-state index contributed by atoms with van der Waals surface area (Å²) in [6, 6.07) is 12.0. The van der Waals surface area contributed by atoms with E-state index in [4.69, 9.17) is 14.2 Å². The number of methoxy groups -OCH3 is 3. The topological polar surface area (TPSA) is 85.9 Å². The number of thioether (sulfide) groups is 1. The molecule has 0 spiro atoms. The van der Waals surface area contributed by atoms with Crippen LogP contribution in [0.4, 0.5) is 0 Å². The highest BCUT2D eigenvalue weighted by atomic mass is 32.2. The molecule has 1 unspecified atom stereocenters. The van der Waals surface area contributed by atoms with Crippen LogP contribution in [0.3, 0.4) is 0 Å². The number of amides is 2. The van der Waals surface area contributed by atoms with E-state index in [9.17, 15) is 9.59 Å². The molecule has 0 saturated heterocycles. The van der Waals surface area contributed by atoms with Crippen molar-refractivity contribution >= 4 is 23.6 Å². The molecular formula is C23H30N2O5S. The van der Waals surface area contributed by atoms with Crippen LogP contribution >= 0.6 is 11.8 Å². The zero-order chi connectivity index (χ0) is 22.6. The smallest absolute Gasteiger partial charge is 0.255 e. The number of carbonyl (C=O) groups is 2. The maximum atomic E-state index is 12.8. The van der Waals surface area contributed by atoms with Crippen LogP contribution in [0.15, 0.2) is 42.5 Å². The summed E-state index contributed by atoms with van der Waals surface area (Å²) in [5.41, 5.74) is 1.41. The first kappa shape index (κ1) is 24.4. The van der Waals surface area contributed by atoms with E-state index in [-0.39, 0.29) is 11.8 Å². The summed E-state index contributed by atoms with van der Waals surface area (Å²) >= 11 is 1.62. The van der Waals surface area contributed by atoms with Gasteiger partial charge in [0.25, 0.3) is 5.91 Å². The standard InChI is InChI=1S/C23H30N2O5S/c1-28-19-8-6-5-7-17(19)22(26)25-18(12-14-31-4)23(27)24-13-11-16-9-10-20(29-2)21(15-16)30-3/h5-10,15,18H,11-14H2,1-4H3,(H,24,27)(H,25,26). The SMILES string of the molecule is COc1ccc(CCNC(=O)C(CCSC)NC(=O)c2ccccc2OC)cc1OC. The van der Waals surface area contributed by atoms with Crippen molar-refractivity contribution in [3.8, 4) is 17.2 Å². The first-order valence-electron chi connectivity index (χ1n) is 9.95. The Bertz CT molecular complexity index is 875. The van der Waals surface area contributed by atoms with Gasteiger partial charge in [-0.15, -0.1) is 0 Å². The van der Waals surface area contributed by atoms with E-state index in [1.807, 2.05) is 24.5 Å². The van der Waals surface area contributed by atoms with Gasteiger partial charge in [0.2, 0.25) is 5.91 Å².